The number of fused-ring (bicyclic) bond motifs is 1. The number of hydrogen-bond acceptors (Lipinski definition) is 5. The molecule has 0 aliphatic heterocycles. The van der Waals surface area contributed by atoms with Gasteiger partial charge in [0.1, 0.15) is 9.98 Å². The highest BCUT2D eigenvalue weighted by atomic mass is 35.5. The van der Waals surface area contributed by atoms with Gasteiger partial charge in [0.15, 0.2) is 0 Å². The Bertz CT molecular complexity index is 398. The fourth-order valence-corrected chi connectivity index (χ4v) is 1.67. The number of rotatable bonds is 0. The molecule has 0 unspecified atom stereocenters. The maximum absolute atomic E-state index is 5.74. The van der Waals surface area contributed by atoms with E-state index in [9.17, 15) is 0 Å². The number of halogens is 1. The van der Waals surface area contributed by atoms with Crippen LogP contribution >= 0.6 is 23.1 Å². The summed E-state index contributed by atoms with van der Waals surface area (Å²) in [5.41, 5.74) is 5.36. The van der Waals surface area contributed by atoms with E-state index in [0.717, 1.165) is 10.2 Å². The molecule has 0 radical (unpaired) electrons. The first kappa shape index (κ1) is 6.75. The van der Waals surface area contributed by atoms with Gasteiger partial charge in [-0.3, -0.25) is 0 Å². The summed E-state index contributed by atoms with van der Waals surface area (Å²) < 4.78 is 3.90. The van der Waals surface area contributed by atoms with Crippen LogP contribution in [-0.2, 0) is 0 Å². The summed E-state index contributed by atoms with van der Waals surface area (Å²) in [6.45, 7) is 0. The van der Waals surface area contributed by atoms with Gasteiger partial charge in [0.25, 0.3) is 0 Å². The third kappa shape index (κ3) is 1.02. The Hall–Kier alpha value is -0.940. The normalized spacial score (nSPS) is 10.6. The van der Waals surface area contributed by atoms with Gasteiger partial charge in [-0.25, -0.2) is 9.97 Å². The fourth-order valence-electron chi connectivity index (χ4n) is 0.745. The average molecular weight is 187 g/mol. The van der Waals surface area contributed by atoms with Gasteiger partial charge in [-0.1, -0.05) is 11.6 Å². The maximum Gasteiger partial charge on any atom is 0.222 e. The molecule has 0 spiro atoms. The lowest BCUT2D eigenvalue weighted by Gasteiger charge is -1.92. The summed E-state index contributed by atoms with van der Waals surface area (Å²) in [4.78, 5) is 8.43. The lowest BCUT2D eigenvalue weighted by atomic mass is 10.5. The standard InChI is InChI=1S/C5H3ClN4S/c6-3-2-1-8-11-4(2)10-5(7)9-3/h1H,(H2,7,9,10). The Morgan fingerprint density at radius 3 is 3.09 bits per heavy atom. The van der Waals surface area contributed by atoms with E-state index in [0.29, 0.717) is 5.15 Å². The Labute approximate surface area is 71.2 Å². The van der Waals surface area contributed by atoms with E-state index in [1.54, 1.807) is 6.20 Å². The largest absolute Gasteiger partial charge is 0.368 e. The van der Waals surface area contributed by atoms with Crippen molar-refractivity contribution in [3.63, 3.8) is 0 Å². The summed E-state index contributed by atoms with van der Waals surface area (Å²) >= 11 is 6.99. The van der Waals surface area contributed by atoms with Crippen LogP contribution in [0.25, 0.3) is 10.2 Å². The SMILES string of the molecule is Nc1nc(Cl)c2cnsc2n1. The number of nitrogens with two attached hydrogens (primary N) is 1. The minimum absolute atomic E-state index is 0.187. The predicted molar refractivity (Wildman–Crippen MR) is 44.6 cm³/mol. The van der Waals surface area contributed by atoms with Crippen LogP contribution in [0.4, 0.5) is 5.95 Å². The Kier molecular flexibility index (Phi) is 1.40. The van der Waals surface area contributed by atoms with Gasteiger partial charge in [0.05, 0.1) is 11.6 Å². The quantitative estimate of drug-likeness (QED) is 0.631. The van der Waals surface area contributed by atoms with Gasteiger partial charge in [-0.2, -0.15) is 4.37 Å². The Morgan fingerprint density at radius 1 is 1.45 bits per heavy atom. The van der Waals surface area contributed by atoms with Gasteiger partial charge in [-0.15, -0.1) is 0 Å². The molecule has 0 amide bonds. The molecule has 0 fully saturated rings. The summed E-state index contributed by atoms with van der Waals surface area (Å²) in [6, 6.07) is 0. The van der Waals surface area contributed by atoms with Crippen LogP contribution in [-0.4, -0.2) is 14.3 Å². The molecule has 4 nitrogen and oxygen atoms in total. The van der Waals surface area contributed by atoms with Crippen molar-refractivity contribution in [2.24, 2.45) is 0 Å². The molecule has 0 aliphatic carbocycles. The molecule has 2 rings (SSSR count). The molecule has 0 saturated heterocycles. The van der Waals surface area contributed by atoms with Crippen LogP contribution < -0.4 is 5.73 Å². The molecule has 0 aromatic carbocycles. The predicted octanol–water partition coefficient (Wildman–Crippen LogP) is 1.32. The molecule has 56 valence electrons. The zero-order valence-electron chi connectivity index (χ0n) is 5.28. The second-order valence-electron chi connectivity index (χ2n) is 1.92. The van der Waals surface area contributed by atoms with Gasteiger partial charge in [0, 0.05) is 0 Å². The first-order valence-electron chi connectivity index (χ1n) is 2.81. The zero-order chi connectivity index (χ0) is 7.84. The summed E-state index contributed by atoms with van der Waals surface area (Å²) in [5.74, 6) is 0.187. The van der Waals surface area contributed by atoms with E-state index in [1.807, 2.05) is 0 Å². The van der Waals surface area contributed by atoms with Crippen LogP contribution in [0.2, 0.25) is 5.15 Å². The van der Waals surface area contributed by atoms with E-state index in [4.69, 9.17) is 17.3 Å². The molecular weight excluding hydrogens is 184 g/mol. The third-order valence-electron chi connectivity index (χ3n) is 1.20. The summed E-state index contributed by atoms with van der Waals surface area (Å²) in [5, 5.41) is 1.12. The van der Waals surface area contributed by atoms with Crippen LogP contribution in [0.3, 0.4) is 0 Å². The molecule has 2 aromatic heterocycles. The molecule has 6 heteroatoms. The number of anilines is 1. The topological polar surface area (TPSA) is 64.7 Å². The van der Waals surface area contributed by atoms with Crippen molar-refractivity contribution < 1.29 is 0 Å². The second kappa shape index (κ2) is 2.28. The van der Waals surface area contributed by atoms with Gasteiger partial charge in [-0.05, 0) is 11.5 Å². The Balaban J connectivity index is 2.91. The fraction of sp³-hybridized carbons (Fsp3) is 0. The first-order valence-corrected chi connectivity index (χ1v) is 3.96. The molecule has 2 N–H and O–H groups in total. The smallest absolute Gasteiger partial charge is 0.222 e. The van der Waals surface area contributed by atoms with Gasteiger partial charge < -0.3 is 5.73 Å². The lowest BCUT2D eigenvalue weighted by molar-refractivity contribution is 1.25. The van der Waals surface area contributed by atoms with Crippen molar-refractivity contribution in [1.82, 2.24) is 14.3 Å². The number of nitrogens with zero attached hydrogens (tertiary/aromatic N) is 3. The van der Waals surface area contributed by atoms with Crippen molar-refractivity contribution in [3.05, 3.63) is 11.3 Å². The van der Waals surface area contributed by atoms with Crippen molar-refractivity contribution >= 4 is 39.3 Å². The minimum atomic E-state index is 0.187. The highest BCUT2D eigenvalue weighted by Gasteiger charge is 2.04. The van der Waals surface area contributed by atoms with Crippen LogP contribution in [0.1, 0.15) is 0 Å². The summed E-state index contributed by atoms with van der Waals surface area (Å²) in [7, 11) is 0. The molecule has 0 saturated carbocycles. The van der Waals surface area contributed by atoms with E-state index in [2.05, 4.69) is 14.3 Å². The molecule has 0 atom stereocenters. The third-order valence-corrected chi connectivity index (χ3v) is 2.19. The molecular formula is C5H3ClN4S. The maximum atomic E-state index is 5.74. The number of nitrogen functional groups attached to an aromatic ring is 1. The summed E-state index contributed by atoms with van der Waals surface area (Å²) in [6.07, 6.45) is 1.63. The van der Waals surface area contributed by atoms with Crippen molar-refractivity contribution in [2.45, 2.75) is 0 Å². The van der Waals surface area contributed by atoms with Crippen LogP contribution in [0, 0.1) is 0 Å². The van der Waals surface area contributed by atoms with Gasteiger partial charge >= 0.3 is 0 Å². The van der Waals surface area contributed by atoms with Crippen molar-refractivity contribution in [1.29, 1.82) is 0 Å². The van der Waals surface area contributed by atoms with E-state index < -0.39 is 0 Å². The highest BCUT2D eigenvalue weighted by molar-refractivity contribution is 7.12. The van der Waals surface area contributed by atoms with Gasteiger partial charge in [0.2, 0.25) is 5.95 Å². The van der Waals surface area contributed by atoms with E-state index in [-0.39, 0.29) is 5.95 Å². The van der Waals surface area contributed by atoms with E-state index >= 15 is 0 Å². The molecule has 2 heterocycles. The number of hydrogen-bond donors (Lipinski definition) is 1. The first-order chi connectivity index (χ1) is 5.27. The highest BCUT2D eigenvalue weighted by Crippen LogP contribution is 2.22. The second-order valence-corrected chi connectivity index (χ2v) is 3.06. The monoisotopic (exact) mass is 186 g/mol. The van der Waals surface area contributed by atoms with Crippen LogP contribution in [0.15, 0.2) is 6.20 Å². The molecule has 2 aromatic rings. The zero-order valence-corrected chi connectivity index (χ0v) is 6.85. The van der Waals surface area contributed by atoms with Crippen molar-refractivity contribution in [2.75, 3.05) is 5.73 Å². The van der Waals surface area contributed by atoms with E-state index in [1.165, 1.54) is 11.5 Å². The van der Waals surface area contributed by atoms with Crippen LogP contribution in [0.5, 0.6) is 0 Å². The molecule has 11 heavy (non-hydrogen) atoms. The Morgan fingerprint density at radius 2 is 2.27 bits per heavy atom. The average Bonchev–Trinajstić information content (AvgIpc) is 2.34. The number of aromatic nitrogens is 3. The molecule has 0 aliphatic rings. The lowest BCUT2D eigenvalue weighted by Crippen LogP contribution is -1.93. The minimum Gasteiger partial charge on any atom is -0.368 e. The van der Waals surface area contributed by atoms with Crippen molar-refractivity contribution in [3.8, 4) is 0 Å². The molecule has 0 bridgehead atoms.